The van der Waals surface area contributed by atoms with Gasteiger partial charge in [0.2, 0.25) is 17.6 Å². The number of rotatable bonds is 13. The number of amides is 5. The highest BCUT2D eigenvalue weighted by Crippen LogP contribution is 2.42. The first-order valence-electron chi connectivity index (χ1n) is 15.2. The largest absolute Gasteiger partial charge is 0.493 e. The summed E-state index contributed by atoms with van der Waals surface area (Å²) in [4.78, 5) is 62.7. The number of hydrogen-bond acceptors (Lipinski definition) is 11. The topological polar surface area (TPSA) is 186 Å². The van der Waals surface area contributed by atoms with Crippen LogP contribution in [0.5, 0.6) is 17.2 Å². The molecule has 0 bridgehead atoms. The van der Waals surface area contributed by atoms with E-state index in [4.69, 9.17) is 18.9 Å². The molecule has 1 saturated heterocycles. The molecule has 3 N–H and O–H groups in total. The quantitative estimate of drug-likeness (QED) is 0.165. The fourth-order valence-corrected chi connectivity index (χ4v) is 5.01. The summed E-state index contributed by atoms with van der Waals surface area (Å²) >= 11 is 0. The lowest BCUT2D eigenvalue weighted by molar-refractivity contribution is -0.137. The maximum atomic E-state index is 13.1. The van der Waals surface area contributed by atoms with Gasteiger partial charge in [-0.05, 0) is 52.2 Å². The summed E-state index contributed by atoms with van der Waals surface area (Å²) in [6, 6.07) is 7.46. The third-order valence-corrected chi connectivity index (χ3v) is 7.22. The highest BCUT2D eigenvalue weighted by Gasteiger charge is 2.40. The van der Waals surface area contributed by atoms with Gasteiger partial charge in [-0.15, -0.1) is 0 Å². The Hall–Kier alpha value is -5.21. The van der Waals surface area contributed by atoms with E-state index in [1.165, 1.54) is 19.1 Å². The molecule has 2 aliphatic heterocycles. The van der Waals surface area contributed by atoms with E-state index in [-0.39, 0.29) is 61.0 Å². The summed E-state index contributed by atoms with van der Waals surface area (Å²) in [5, 5.41) is 16.4. The zero-order chi connectivity index (χ0) is 34.1. The van der Waals surface area contributed by atoms with Crippen molar-refractivity contribution in [3.05, 3.63) is 41.5 Å². The Morgan fingerprint density at radius 2 is 1.68 bits per heavy atom. The number of piperidine rings is 1. The van der Waals surface area contributed by atoms with Crippen LogP contribution in [0.1, 0.15) is 62.4 Å². The molecule has 15 nitrogen and oxygen atoms in total. The van der Waals surface area contributed by atoms with E-state index in [0.29, 0.717) is 48.4 Å². The second-order valence-electron chi connectivity index (χ2n) is 11.9. The minimum Gasteiger partial charge on any atom is -0.493 e. The van der Waals surface area contributed by atoms with E-state index in [1.807, 2.05) is 0 Å². The van der Waals surface area contributed by atoms with Crippen LogP contribution in [0.25, 0.3) is 0 Å². The number of unbranched alkanes of at least 4 members (excludes halogenated alkanes) is 1. The van der Waals surface area contributed by atoms with Crippen LogP contribution in [-0.2, 0) is 25.7 Å². The third kappa shape index (κ3) is 9.17. The average molecular weight is 653 g/mol. The highest BCUT2D eigenvalue weighted by atomic mass is 16.6. The lowest BCUT2D eigenvalue weighted by Gasteiger charge is -2.29. The molecular formula is C32H40N6O9. The van der Waals surface area contributed by atoms with Crippen molar-refractivity contribution in [1.29, 1.82) is 0 Å². The molecule has 47 heavy (non-hydrogen) atoms. The molecule has 0 aromatic heterocycles. The van der Waals surface area contributed by atoms with Gasteiger partial charge in [-0.2, -0.15) is 10.2 Å². The molecule has 0 spiro atoms. The predicted molar refractivity (Wildman–Crippen MR) is 168 cm³/mol. The molecule has 2 aromatic carbocycles. The van der Waals surface area contributed by atoms with E-state index >= 15 is 0 Å². The maximum absolute atomic E-state index is 13.1. The predicted octanol–water partition coefficient (Wildman–Crippen LogP) is 3.68. The van der Waals surface area contributed by atoms with Crippen molar-refractivity contribution in [1.82, 2.24) is 20.9 Å². The second-order valence-corrected chi connectivity index (χ2v) is 11.9. The Kier molecular flexibility index (Phi) is 11.3. The van der Waals surface area contributed by atoms with Crippen molar-refractivity contribution in [2.24, 2.45) is 10.2 Å². The summed E-state index contributed by atoms with van der Waals surface area (Å²) < 4.78 is 21.9. The number of hydrogen-bond donors (Lipinski definition) is 3. The van der Waals surface area contributed by atoms with Gasteiger partial charge in [0.05, 0.1) is 25.6 Å². The van der Waals surface area contributed by atoms with Gasteiger partial charge in [0.1, 0.15) is 11.6 Å². The number of alkyl carbamates (subject to hydrolysis) is 1. The number of carbonyl (C=O) groups is 5. The van der Waals surface area contributed by atoms with Crippen LogP contribution in [0.4, 0.5) is 16.2 Å². The number of imide groups is 1. The SMILES string of the molecule is COc1cc(/N=N/c2cccc3c2CN(C2CCC(=O)NC2=O)C3=O)cc(OC)c1OCC(=O)NCCCCNC(=O)OC(C)(C)C. The zero-order valence-corrected chi connectivity index (χ0v) is 27.1. The molecule has 15 heteroatoms. The van der Waals surface area contributed by atoms with Gasteiger partial charge in [-0.25, -0.2) is 4.79 Å². The van der Waals surface area contributed by atoms with Gasteiger partial charge in [0, 0.05) is 49.3 Å². The molecule has 0 saturated carbocycles. The van der Waals surface area contributed by atoms with Gasteiger partial charge < -0.3 is 34.5 Å². The number of nitrogens with one attached hydrogen (secondary N) is 3. The van der Waals surface area contributed by atoms with Crippen LogP contribution >= 0.6 is 0 Å². The number of carbonyl (C=O) groups excluding carboxylic acids is 5. The second kappa shape index (κ2) is 15.4. The molecule has 252 valence electrons. The van der Waals surface area contributed by atoms with Crippen molar-refractivity contribution in [2.45, 2.75) is 64.6 Å². The van der Waals surface area contributed by atoms with E-state index in [0.717, 1.165) is 0 Å². The number of ether oxygens (including phenoxy) is 4. The van der Waals surface area contributed by atoms with Gasteiger partial charge in [0.15, 0.2) is 18.1 Å². The molecule has 0 radical (unpaired) electrons. The fourth-order valence-electron chi connectivity index (χ4n) is 5.01. The van der Waals surface area contributed by atoms with E-state index in [2.05, 4.69) is 26.2 Å². The summed E-state index contributed by atoms with van der Waals surface area (Å²) in [7, 11) is 2.88. The Balaban J connectivity index is 1.34. The molecule has 0 aliphatic carbocycles. The van der Waals surface area contributed by atoms with E-state index in [9.17, 15) is 24.0 Å². The summed E-state index contributed by atoms with van der Waals surface area (Å²) in [5.74, 6) is -0.777. The van der Waals surface area contributed by atoms with Gasteiger partial charge in [0.25, 0.3) is 11.8 Å². The normalized spacial score (nSPS) is 16.1. The first-order chi connectivity index (χ1) is 22.4. The standard InChI is InChI=1S/C32H40N6O9/c1-32(2,3)47-31(43)34-14-7-6-13-33-27(40)18-46-28-24(44-4)15-19(16-25(28)45-5)36-37-22-10-8-9-20-21(22)17-38(30(20)42)23-11-12-26(39)35-29(23)41/h8-10,15-16,23H,6-7,11-14,17-18H2,1-5H3,(H,33,40)(H,34,43)(H,35,39,41)/b37-36+. The number of fused-ring (bicyclic) bond motifs is 1. The third-order valence-electron chi connectivity index (χ3n) is 7.22. The Morgan fingerprint density at radius 3 is 2.32 bits per heavy atom. The minimum atomic E-state index is -0.742. The van der Waals surface area contributed by atoms with E-state index < -0.39 is 23.6 Å². The van der Waals surface area contributed by atoms with Crippen LogP contribution in [0.2, 0.25) is 0 Å². The average Bonchev–Trinajstić information content (AvgIpc) is 3.35. The molecule has 4 rings (SSSR count). The molecule has 2 heterocycles. The molecule has 1 fully saturated rings. The lowest BCUT2D eigenvalue weighted by atomic mass is 10.0. The van der Waals surface area contributed by atoms with Gasteiger partial charge in [-0.1, -0.05) is 6.07 Å². The van der Waals surface area contributed by atoms with Gasteiger partial charge >= 0.3 is 6.09 Å². The Bertz CT molecular complexity index is 1530. The minimum absolute atomic E-state index is 0.153. The van der Waals surface area contributed by atoms with Crippen LogP contribution in [0.15, 0.2) is 40.6 Å². The summed E-state index contributed by atoms with van der Waals surface area (Å²) in [6.07, 6.45) is 1.23. The van der Waals surface area contributed by atoms with Crippen molar-refractivity contribution in [3.8, 4) is 17.2 Å². The first-order valence-corrected chi connectivity index (χ1v) is 15.2. The molecule has 1 atom stereocenters. The fraction of sp³-hybridized carbons (Fsp3) is 0.469. The van der Waals surface area contributed by atoms with E-state index in [1.54, 1.807) is 51.1 Å². The molecule has 5 amide bonds. The Morgan fingerprint density at radius 1 is 1.00 bits per heavy atom. The summed E-state index contributed by atoms with van der Waals surface area (Å²) in [5.41, 5.74) is 1.28. The Labute approximate surface area is 272 Å². The van der Waals surface area contributed by atoms with Crippen molar-refractivity contribution in [2.75, 3.05) is 33.9 Å². The monoisotopic (exact) mass is 652 g/mol. The number of nitrogens with zero attached hydrogens (tertiary/aromatic N) is 3. The zero-order valence-electron chi connectivity index (χ0n) is 27.1. The lowest BCUT2D eigenvalue weighted by Crippen LogP contribution is -2.52. The van der Waals surface area contributed by atoms with Crippen molar-refractivity contribution in [3.63, 3.8) is 0 Å². The first kappa shape index (κ1) is 34.7. The van der Waals surface area contributed by atoms with Crippen molar-refractivity contribution < 1.29 is 42.9 Å². The molecular weight excluding hydrogens is 612 g/mol. The molecule has 2 aliphatic rings. The number of benzene rings is 2. The smallest absolute Gasteiger partial charge is 0.407 e. The van der Waals surface area contributed by atoms with Crippen LogP contribution in [-0.4, -0.2) is 80.2 Å². The molecule has 1 unspecified atom stereocenters. The highest BCUT2D eigenvalue weighted by molar-refractivity contribution is 6.06. The van der Waals surface area contributed by atoms with Crippen LogP contribution < -0.4 is 30.2 Å². The summed E-state index contributed by atoms with van der Waals surface area (Å²) in [6.45, 7) is 6.05. The maximum Gasteiger partial charge on any atom is 0.407 e. The number of methoxy groups -OCH3 is 2. The van der Waals surface area contributed by atoms with Gasteiger partial charge in [-0.3, -0.25) is 24.5 Å². The molecule has 2 aromatic rings. The van der Waals surface area contributed by atoms with Crippen LogP contribution in [0.3, 0.4) is 0 Å². The van der Waals surface area contributed by atoms with Crippen LogP contribution in [0, 0.1) is 0 Å². The number of azo groups is 1. The van der Waals surface area contributed by atoms with Crippen molar-refractivity contribution >= 4 is 41.1 Å².